The van der Waals surface area contributed by atoms with E-state index in [0.29, 0.717) is 17.8 Å². The molecule has 0 aromatic rings. The van der Waals surface area contributed by atoms with E-state index < -0.39 is 0 Å². The third-order valence-electron chi connectivity index (χ3n) is 2.96. The summed E-state index contributed by atoms with van der Waals surface area (Å²) < 4.78 is 0. The Bertz CT molecular complexity index is 216. The Balaban J connectivity index is 0.00000225. The molecular formula is C11H23ClN2OS. The van der Waals surface area contributed by atoms with Gasteiger partial charge in [0.15, 0.2) is 0 Å². The van der Waals surface area contributed by atoms with Crippen LogP contribution in [-0.2, 0) is 4.79 Å². The second-order valence-electron chi connectivity index (χ2n) is 4.18. The zero-order chi connectivity index (χ0) is 11.3. The zero-order valence-corrected chi connectivity index (χ0v) is 11.7. The van der Waals surface area contributed by atoms with Gasteiger partial charge in [0.05, 0.1) is 0 Å². The monoisotopic (exact) mass is 266 g/mol. The van der Waals surface area contributed by atoms with Gasteiger partial charge in [0.25, 0.3) is 0 Å². The third-order valence-corrected chi connectivity index (χ3v) is 4.29. The molecule has 0 radical (unpaired) electrons. The van der Waals surface area contributed by atoms with E-state index in [1.807, 2.05) is 18.7 Å². The van der Waals surface area contributed by atoms with Gasteiger partial charge in [-0.15, -0.1) is 12.4 Å². The minimum atomic E-state index is -0.0575. The summed E-state index contributed by atoms with van der Waals surface area (Å²) in [5, 5.41) is 3.74. The molecule has 3 nitrogen and oxygen atoms in total. The fraction of sp³-hybridized carbons (Fsp3) is 0.909. The molecule has 0 bridgehead atoms. The maximum atomic E-state index is 11.7. The van der Waals surface area contributed by atoms with Crippen molar-refractivity contribution in [3.63, 3.8) is 0 Å². The van der Waals surface area contributed by atoms with Crippen molar-refractivity contribution < 1.29 is 4.79 Å². The Labute approximate surface area is 109 Å². The maximum absolute atomic E-state index is 11.7. The summed E-state index contributed by atoms with van der Waals surface area (Å²) in [6.07, 6.45) is 3.60. The minimum Gasteiger partial charge on any atom is -0.352 e. The molecule has 0 aliphatic heterocycles. The zero-order valence-electron chi connectivity index (χ0n) is 10.1. The van der Waals surface area contributed by atoms with Crippen LogP contribution in [0.15, 0.2) is 0 Å². The Morgan fingerprint density at radius 2 is 2.25 bits per heavy atom. The lowest BCUT2D eigenvalue weighted by molar-refractivity contribution is -0.124. The first-order valence-corrected chi connectivity index (χ1v) is 6.86. The van der Waals surface area contributed by atoms with Gasteiger partial charge in [0.1, 0.15) is 0 Å². The Kier molecular flexibility index (Phi) is 8.24. The van der Waals surface area contributed by atoms with Crippen LogP contribution < -0.4 is 11.1 Å². The summed E-state index contributed by atoms with van der Waals surface area (Å²) in [5.74, 6) is 1.19. The summed E-state index contributed by atoms with van der Waals surface area (Å²) in [6, 6.07) is 0.372. The first kappa shape index (κ1) is 16.1. The van der Waals surface area contributed by atoms with Crippen molar-refractivity contribution in [3.05, 3.63) is 0 Å². The van der Waals surface area contributed by atoms with E-state index in [9.17, 15) is 4.79 Å². The van der Waals surface area contributed by atoms with Crippen LogP contribution in [0.2, 0.25) is 0 Å². The molecule has 0 spiro atoms. The molecule has 0 aromatic heterocycles. The standard InChI is InChI=1S/C11H22N2OS.ClH/c1-3-15-10-6-4-5-9(10)13-11(14)8(2)7-12;/h8-10H,3-7,12H2,1-2H3,(H,13,14);1H. The van der Waals surface area contributed by atoms with Gasteiger partial charge in [-0.25, -0.2) is 0 Å². The maximum Gasteiger partial charge on any atom is 0.224 e. The molecule has 1 saturated carbocycles. The van der Waals surface area contributed by atoms with E-state index >= 15 is 0 Å². The largest absolute Gasteiger partial charge is 0.352 e. The van der Waals surface area contributed by atoms with Crippen molar-refractivity contribution in [2.75, 3.05) is 12.3 Å². The van der Waals surface area contributed by atoms with Crippen molar-refractivity contribution in [2.45, 2.75) is 44.4 Å². The van der Waals surface area contributed by atoms with E-state index in [2.05, 4.69) is 12.2 Å². The highest BCUT2D eigenvalue weighted by atomic mass is 35.5. The molecule has 0 heterocycles. The lowest BCUT2D eigenvalue weighted by Gasteiger charge is -2.21. The van der Waals surface area contributed by atoms with Crippen LogP contribution in [0.4, 0.5) is 0 Å². The van der Waals surface area contributed by atoms with Gasteiger partial charge in [-0.2, -0.15) is 11.8 Å². The van der Waals surface area contributed by atoms with Gasteiger partial charge in [-0.05, 0) is 18.6 Å². The van der Waals surface area contributed by atoms with Crippen LogP contribution in [0.3, 0.4) is 0 Å². The average molecular weight is 267 g/mol. The van der Waals surface area contributed by atoms with Crippen molar-refractivity contribution in [3.8, 4) is 0 Å². The number of halogens is 1. The quantitative estimate of drug-likeness (QED) is 0.798. The normalized spacial score (nSPS) is 25.9. The van der Waals surface area contributed by atoms with Crippen molar-refractivity contribution in [1.29, 1.82) is 0 Å². The van der Waals surface area contributed by atoms with Crippen LogP contribution in [0.25, 0.3) is 0 Å². The molecular weight excluding hydrogens is 244 g/mol. The SMILES string of the molecule is CCSC1CCCC1NC(=O)C(C)CN.Cl. The topological polar surface area (TPSA) is 55.1 Å². The average Bonchev–Trinajstić information content (AvgIpc) is 2.65. The predicted octanol–water partition coefficient (Wildman–Crippen LogP) is 1.79. The molecule has 1 aliphatic carbocycles. The molecule has 0 aromatic carbocycles. The highest BCUT2D eigenvalue weighted by molar-refractivity contribution is 7.99. The van der Waals surface area contributed by atoms with E-state index in [-0.39, 0.29) is 24.2 Å². The molecule has 3 atom stereocenters. The van der Waals surface area contributed by atoms with Gasteiger partial charge in [0.2, 0.25) is 5.91 Å². The molecule has 3 N–H and O–H groups in total. The second kappa shape index (κ2) is 8.20. The number of nitrogens with one attached hydrogen (secondary N) is 1. The Morgan fingerprint density at radius 1 is 1.56 bits per heavy atom. The summed E-state index contributed by atoms with van der Waals surface area (Å²) in [4.78, 5) is 11.7. The number of carbonyl (C=O) groups is 1. The van der Waals surface area contributed by atoms with E-state index in [4.69, 9.17) is 5.73 Å². The van der Waals surface area contributed by atoms with Crippen molar-refractivity contribution in [1.82, 2.24) is 5.32 Å². The van der Waals surface area contributed by atoms with E-state index in [1.165, 1.54) is 12.8 Å². The third kappa shape index (κ3) is 4.52. The van der Waals surface area contributed by atoms with Gasteiger partial charge in [-0.3, -0.25) is 4.79 Å². The number of amides is 1. The summed E-state index contributed by atoms with van der Waals surface area (Å²) >= 11 is 1.96. The van der Waals surface area contributed by atoms with Gasteiger partial charge >= 0.3 is 0 Å². The lowest BCUT2D eigenvalue weighted by atomic mass is 10.1. The fourth-order valence-electron chi connectivity index (χ4n) is 1.94. The highest BCUT2D eigenvalue weighted by Crippen LogP contribution is 2.29. The van der Waals surface area contributed by atoms with E-state index in [1.54, 1.807) is 0 Å². The number of hydrogen-bond acceptors (Lipinski definition) is 3. The molecule has 1 fully saturated rings. The smallest absolute Gasteiger partial charge is 0.224 e. The van der Waals surface area contributed by atoms with Crippen molar-refractivity contribution >= 4 is 30.1 Å². The molecule has 0 saturated heterocycles. The van der Waals surface area contributed by atoms with Crippen LogP contribution >= 0.6 is 24.2 Å². The van der Waals surface area contributed by atoms with Gasteiger partial charge in [-0.1, -0.05) is 20.3 Å². The molecule has 5 heteroatoms. The number of nitrogens with two attached hydrogens (primary N) is 1. The van der Waals surface area contributed by atoms with Crippen LogP contribution in [-0.4, -0.2) is 29.5 Å². The molecule has 3 unspecified atom stereocenters. The fourth-order valence-corrected chi connectivity index (χ4v) is 3.13. The molecule has 1 rings (SSSR count). The summed E-state index contributed by atoms with van der Waals surface area (Å²) in [7, 11) is 0. The minimum absolute atomic E-state index is 0. The first-order chi connectivity index (χ1) is 7.19. The van der Waals surface area contributed by atoms with Gasteiger partial charge < -0.3 is 11.1 Å². The van der Waals surface area contributed by atoms with Gasteiger partial charge in [0, 0.05) is 23.8 Å². The second-order valence-corrected chi connectivity index (χ2v) is 5.69. The molecule has 96 valence electrons. The number of rotatable bonds is 5. The molecule has 1 amide bonds. The van der Waals surface area contributed by atoms with Crippen LogP contribution in [0.5, 0.6) is 0 Å². The highest BCUT2D eigenvalue weighted by Gasteiger charge is 2.29. The number of carbonyl (C=O) groups excluding carboxylic acids is 1. The Hall–Kier alpha value is 0.0700. The summed E-state index contributed by atoms with van der Waals surface area (Å²) in [6.45, 7) is 4.49. The van der Waals surface area contributed by atoms with Crippen LogP contribution in [0, 0.1) is 5.92 Å². The van der Waals surface area contributed by atoms with Crippen LogP contribution in [0.1, 0.15) is 33.1 Å². The van der Waals surface area contributed by atoms with Crippen molar-refractivity contribution in [2.24, 2.45) is 11.7 Å². The van der Waals surface area contributed by atoms with E-state index in [0.717, 1.165) is 12.2 Å². The Morgan fingerprint density at radius 3 is 2.81 bits per heavy atom. The number of thioether (sulfide) groups is 1. The summed E-state index contributed by atoms with van der Waals surface area (Å²) in [5.41, 5.74) is 5.47. The lowest BCUT2D eigenvalue weighted by Crippen LogP contribution is -2.43. The molecule has 1 aliphatic rings. The number of hydrogen-bond donors (Lipinski definition) is 2. The molecule has 16 heavy (non-hydrogen) atoms. The predicted molar refractivity (Wildman–Crippen MR) is 73.2 cm³/mol. The first-order valence-electron chi connectivity index (χ1n) is 5.81.